The Morgan fingerprint density at radius 2 is 1.76 bits per heavy atom. The Kier molecular flexibility index (Phi) is 6.20. The molecule has 126 valence electrons. The van der Waals surface area contributed by atoms with E-state index in [-0.39, 0.29) is 5.92 Å². The molecule has 2 rings (SSSR count). The number of rotatable bonds is 6. The molecular weight excluding hydrogens is 314 g/mol. The predicted molar refractivity (Wildman–Crippen MR) is 94.6 cm³/mol. The number of terminal acetylenes is 1. The number of esters is 1. The minimum Gasteiger partial charge on any atom is -0.457 e. The van der Waals surface area contributed by atoms with E-state index in [1.807, 2.05) is 36.4 Å². The average molecular weight is 333 g/mol. The van der Waals surface area contributed by atoms with Gasteiger partial charge in [-0.15, -0.1) is 12.3 Å². The molecule has 4 heteroatoms. The molecule has 25 heavy (non-hydrogen) atoms. The molecule has 0 aliphatic heterocycles. The monoisotopic (exact) mass is 333 g/mol. The summed E-state index contributed by atoms with van der Waals surface area (Å²) < 4.78 is 11.1. The van der Waals surface area contributed by atoms with Crippen LogP contribution in [-0.4, -0.2) is 5.97 Å². The lowest BCUT2D eigenvalue weighted by atomic mass is 9.97. The molecule has 0 N–H and O–H groups in total. The van der Waals surface area contributed by atoms with Crippen LogP contribution in [-0.2, 0) is 9.53 Å². The van der Waals surface area contributed by atoms with E-state index in [0.29, 0.717) is 17.1 Å². The number of nitriles is 1. The largest absolute Gasteiger partial charge is 0.457 e. The molecule has 0 amide bonds. The van der Waals surface area contributed by atoms with Crippen molar-refractivity contribution in [2.45, 2.75) is 20.0 Å². The number of nitrogens with zero attached hydrogens (tertiary/aromatic N) is 1. The van der Waals surface area contributed by atoms with Crippen molar-refractivity contribution in [3.8, 4) is 29.9 Å². The van der Waals surface area contributed by atoms with Gasteiger partial charge in [-0.1, -0.05) is 44.2 Å². The minimum absolute atomic E-state index is 0.264. The van der Waals surface area contributed by atoms with E-state index in [1.165, 1.54) is 0 Å². The van der Waals surface area contributed by atoms with Crippen LogP contribution in [0.25, 0.3) is 0 Å². The quantitative estimate of drug-likeness (QED) is 0.577. The van der Waals surface area contributed by atoms with Gasteiger partial charge >= 0.3 is 5.97 Å². The summed E-state index contributed by atoms with van der Waals surface area (Å²) in [6.07, 6.45) is 4.32. The molecule has 0 spiro atoms. The maximum atomic E-state index is 12.2. The molecule has 2 aromatic carbocycles. The van der Waals surface area contributed by atoms with Crippen molar-refractivity contribution in [3.05, 3.63) is 60.2 Å². The maximum absolute atomic E-state index is 12.2. The van der Waals surface area contributed by atoms with Gasteiger partial charge in [-0.25, -0.2) is 0 Å². The highest BCUT2D eigenvalue weighted by Gasteiger charge is 2.24. The Morgan fingerprint density at radius 3 is 2.40 bits per heavy atom. The molecule has 0 aliphatic carbocycles. The smallest absolute Gasteiger partial charge is 0.311 e. The van der Waals surface area contributed by atoms with Crippen LogP contribution in [0.15, 0.2) is 54.6 Å². The van der Waals surface area contributed by atoms with Crippen LogP contribution in [0.4, 0.5) is 0 Å². The van der Waals surface area contributed by atoms with Crippen molar-refractivity contribution in [2.75, 3.05) is 0 Å². The third-order valence-corrected chi connectivity index (χ3v) is 3.88. The summed E-state index contributed by atoms with van der Waals surface area (Å²) in [5, 5.41) is 9.38. The summed E-state index contributed by atoms with van der Waals surface area (Å²) in [4.78, 5) is 12.2. The van der Waals surface area contributed by atoms with E-state index in [4.69, 9.17) is 15.9 Å². The van der Waals surface area contributed by atoms with Crippen molar-refractivity contribution in [1.82, 2.24) is 0 Å². The Balaban J connectivity index is 2.13. The SMILES string of the molecule is C#CC(C)C(C)C(=O)OC(C#N)c1cccc(Oc2ccccc2)c1. The Labute approximate surface area is 148 Å². The number of hydrogen-bond acceptors (Lipinski definition) is 4. The van der Waals surface area contributed by atoms with E-state index in [0.717, 1.165) is 0 Å². The van der Waals surface area contributed by atoms with Gasteiger partial charge in [0.15, 0.2) is 0 Å². The fourth-order valence-electron chi connectivity index (χ4n) is 2.11. The number of ether oxygens (including phenoxy) is 2. The number of carbonyl (C=O) groups excluding carboxylic acids is 1. The summed E-state index contributed by atoms with van der Waals surface area (Å²) in [7, 11) is 0. The van der Waals surface area contributed by atoms with E-state index < -0.39 is 18.0 Å². The maximum Gasteiger partial charge on any atom is 0.311 e. The Bertz CT molecular complexity index is 802. The Hall–Kier alpha value is -3.24. The molecule has 0 radical (unpaired) electrons. The van der Waals surface area contributed by atoms with Gasteiger partial charge in [-0.05, 0) is 24.3 Å². The van der Waals surface area contributed by atoms with Crippen LogP contribution in [0.2, 0.25) is 0 Å². The first-order valence-corrected chi connectivity index (χ1v) is 7.94. The lowest BCUT2D eigenvalue weighted by Crippen LogP contribution is -2.22. The Morgan fingerprint density at radius 1 is 1.08 bits per heavy atom. The molecular formula is C21H19NO3. The number of benzene rings is 2. The minimum atomic E-state index is -1.01. The van der Waals surface area contributed by atoms with Gasteiger partial charge in [-0.2, -0.15) is 5.26 Å². The zero-order chi connectivity index (χ0) is 18.2. The molecule has 0 saturated carbocycles. The molecule has 4 nitrogen and oxygen atoms in total. The number of hydrogen-bond donors (Lipinski definition) is 0. The summed E-state index contributed by atoms with van der Waals surface area (Å²) >= 11 is 0. The van der Waals surface area contributed by atoms with Gasteiger partial charge < -0.3 is 9.47 Å². The first kappa shape index (κ1) is 18.1. The molecule has 0 heterocycles. The van der Waals surface area contributed by atoms with Gasteiger partial charge in [0, 0.05) is 11.5 Å². The van der Waals surface area contributed by atoms with Crippen LogP contribution >= 0.6 is 0 Å². The topological polar surface area (TPSA) is 59.3 Å². The molecule has 0 bridgehead atoms. The third kappa shape index (κ3) is 4.86. The summed E-state index contributed by atoms with van der Waals surface area (Å²) in [6.45, 7) is 3.46. The van der Waals surface area contributed by atoms with Gasteiger partial charge in [-0.3, -0.25) is 4.79 Å². The second kappa shape index (κ2) is 8.57. The molecule has 3 atom stereocenters. The second-order valence-corrected chi connectivity index (χ2v) is 5.68. The fourth-order valence-corrected chi connectivity index (χ4v) is 2.11. The second-order valence-electron chi connectivity index (χ2n) is 5.68. The lowest BCUT2D eigenvalue weighted by Gasteiger charge is -2.17. The summed E-state index contributed by atoms with van der Waals surface area (Å²) in [5.41, 5.74) is 0.546. The average Bonchev–Trinajstić information content (AvgIpc) is 2.65. The lowest BCUT2D eigenvalue weighted by molar-refractivity contribution is -0.152. The van der Waals surface area contributed by atoms with Crippen LogP contribution < -0.4 is 4.74 Å². The predicted octanol–water partition coefficient (Wildman–Crippen LogP) is 4.49. The highest BCUT2D eigenvalue weighted by atomic mass is 16.5. The normalized spacial score (nSPS) is 13.6. The zero-order valence-corrected chi connectivity index (χ0v) is 14.2. The van der Waals surface area contributed by atoms with Crippen LogP contribution in [0.1, 0.15) is 25.5 Å². The van der Waals surface area contributed by atoms with Crippen molar-refractivity contribution in [2.24, 2.45) is 11.8 Å². The van der Waals surface area contributed by atoms with Crippen LogP contribution in [0.3, 0.4) is 0 Å². The first-order valence-electron chi connectivity index (χ1n) is 7.94. The fraction of sp³-hybridized carbons (Fsp3) is 0.238. The van der Waals surface area contributed by atoms with E-state index in [9.17, 15) is 10.1 Å². The number of carbonyl (C=O) groups is 1. The van der Waals surface area contributed by atoms with E-state index in [1.54, 1.807) is 38.1 Å². The molecule has 0 aliphatic rings. The standard InChI is InChI=1S/C21H19NO3/c1-4-15(2)16(3)21(23)25-20(14-22)17-9-8-12-19(13-17)24-18-10-6-5-7-11-18/h1,5-13,15-16,20H,2-3H3. The first-order chi connectivity index (χ1) is 12.0. The van der Waals surface area contributed by atoms with Gasteiger partial charge in [0.05, 0.1) is 5.92 Å². The highest BCUT2D eigenvalue weighted by Crippen LogP contribution is 2.27. The van der Waals surface area contributed by atoms with Crippen LogP contribution in [0, 0.1) is 35.5 Å². The summed E-state index contributed by atoms with van der Waals surface area (Å²) in [5.74, 6) is 2.51. The zero-order valence-electron chi connectivity index (χ0n) is 14.2. The van der Waals surface area contributed by atoms with Crippen molar-refractivity contribution >= 4 is 5.97 Å². The van der Waals surface area contributed by atoms with Gasteiger partial charge in [0.1, 0.15) is 17.6 Å². The van der Waals surface area contributed by atoms with Gasteiger partial charge in [0.25, 0.3) is 0 Å². The van der Waals surface area contributed by atoms with Crippen molar-refractivity contribution < 1.29 is 14.3 Å². The third-order valence-electron chi connectivity index (χ3n) is 3.88. The molecule has 2 aromatic rings. The molecule has 0 aromatic heterocycles. The van der Waals surface area contributed by atoms with Gasteiger partial charge in [0.2, 0.25) is 6.10 Å². The van der Waals surface area contributed by atoms with E-state index in [2.05, 4.69) is 5.92 Å². The van der Waals surface area contributed by atoms with Crippen molar-refractivity contribution in [3.63, 3.8) is 0 Å². The molecule has 3 unspecified atom stereocenters. The summed E-state index contributed by atoms with van der Waals surface area (Å²) in [6, 6.07) is 18.2. The molecule has 0 fully saturated rings. The number of para-hydroxylation sites is 1. The van der Waals surface area contributed by atoms with Crippen molar-refractivity contribution in [1.29, 1.82) is 5.26 Å². The van der Waals surface area contributed by atoms with Crippen LogP contribution in [0.5, 0.6) is 11.5 Å². The van der Waals surface area contributed by atoms with E-state index >= 15 is 0 Å². The highest BCUT2D eigenvalue weighted by molar-refractivity contribution is 5.73. The molecule has 0 saturated heterocycles.